The van der Waals surface area contributed by atoms with Crippen LogP contribution < -0.4 is 11.1 Å². The van der Waals surface area contributed by atoms with Crippen molar-refractivity contribution in [2.75, 3.05) is 17.6 Å². The van der Waals surface area contributed by atoms with E-state index in [1.807, 2.05) is 18.2 Å². The van der Waals surface area contributed by atoms with Gasteiger partial charge in [0, 0.05) is 11.0 Å². The van der Waals surface area contributed by atoms with E-state index in [1.54, 1.807) is 0 Å². The van der Waals surface area contributed by atoms with E-state index in [-0.39, 0.29) is 0 Å². The molecule has 1 aliphatic carbocycles. The third-order valence-corrected chi connectivity index (χ3v) is 4.26. The number of hydrogen-bond acceptors (Lipinski definition) is 2. The van der Waals surface area contributed by atoms with E-state index in [1.165, 1.54) is 12.8 Å². The van der Waals surface area contributed by atoms with Crippen molar-refractivity contribution in [3.63, 3.8) is 0 Å². The first-order chi connectivity index (χ1) is 7.53. The van der Waals surface area contributed by atoms with Crippen LogP contribution >= 0.6 is 15.9 Å². The Labute approximate surface area is 106 Å². The Morgan fingerprint density at radius 3 is 2.69 bits per heavy atom. The minimum absolute atomic E-state index is 0.509. The second-order valence-corrected chi connectivity index (χ2v) is 6.02. The molecule has 1 saturated carbocycles. The molecule has 0 amide bonds. The summed E-state index contributed by atoms with van der Waals surface area (Å²) in [4.78, 5) is 0. The summed E-state index contributed by atoms with van der Waals surface area (Å²) in [6.45, 7) is 5.64. The van der Waals surface area contributed by atoms with Crippen molar-refractivity contribution in [2.24, 2.45) is 11.3 Å². The Bertz CT molecular complexity index is 384. The van der Waals surface area contributed by atoms with Crippen LogP contribution in [0.4, 0.5) is 11.4 Å². The molecule has 0 aromatic heterocycles. The molecule has 16 heavy (non-hydrogen) atoms. The van der Waals surface area contributed by atoms with Gasteiger partial charge >= 0.3 is 0 Å². The van der Waals surface area contributed by atoms with Crippen molar-refractivity contribution in [1.82, 2.24) is 0 Å². The molecule has 1 aromatic carbocycles. The summed E-state index contributed by atoms with van der Waals surface area (Å²) in [6.07, 6.45) is 2.68. The Kier molecular flexibility index (Phi) is 3.15. The number of benzene rings is 1. The van der Waals surface area contributed by atoms with Gasteiger partial charge in [-0.05, 0) is 42.4 Å². The fraction of sp³-hybridized carbons (Fsp3) is 0.538. The van der Waals surface area contributed by atoms with Crippen molar-refractivity contribution >= 4 is 27.3 Å². The summed E-state index contributed by atoms with van der Waals surface area (Å²) in [6, 6.07) is 5.95. The van der Waals surface area contributed by atoms with Crippen molar-refractivity contribution in [3.05, 3.63) is 22.7 Å². The zero-order valence-corrected chi connectivity index (χ0v) is 11.5. The van der Waals surface area contributed by atoms with Crippen molar-refractivity contribution in [1.29, 1.82) is 0 Å². The lowest BCUT2D eigenvalue weighted by Gasteiger charge is -2.21. The van der Waals surface area contributed by atoms with Crippen LogP contribution in [0.5, 0.6) is 0 Å². The number of anilines is 2. The summed E-state index contributed by atoms with van der Waals surface area (Å²) in [7, 11) is 0. The summed E-state index contributed by atoms with van der Waals surface area (Å²) in [5, 5.41) is 3.48. The van der Waals surface area contributed by atoms with Crippen LogP contribution in [-0.4, -0.2) is 6.54 Å². The zero-order valence-electron chi connectivity index (χ0n) is 9.89. The molecule has 0 aliphatic heterocycles. The third-order valence-electron chi connectivity index (χ3n) is 3.76. The molecule has 0 saturated heterocycles. The molecule has 1 fully saturated rings. The van der Waals surface area contributed by atoms with Gasteiger partial charge in [-0.1, -0.05) is 29.8 Å². The average Bonchev–Trinajstić information content (AvgIpc) is 3.00. The molecule has 0 unspecified atom stereocenters. The SMILES string of the molecule is CC(C)C1(CNc2cc(Br)ccc2N)CC1. The maximum Gasteiger partial charge on any atom is 0.0585 e. The molecule has 1 aliphatic rings. The third kappa shape index (κ3) is 2.34. The zero-order chi connectivity index (χ0) is 11.8. The number of nitrogens with one attached hydrogen (secondary N) is 1. The van der Waals surface area contributed by atoms with Crippen LogP contribution in [0, 0.1) is 11.3 Å². The van der Waals surface area contributed by atoms with E-state index < -0.39 is 0 Å². The number of nitrogens with two attached hydrogens (primary N) is 1. The van der Waals surface area contributed by atoms with E-state index in [4.69, 9.17) is 5.73 Å². The van der Waals surface area contributed by atoms with Gasteiger partial charge < -0.3 is 11.1 Å². The van der Waals surface area contributed by atoms with Crippen molar-refractivity contribution in [2.45, 2.75) is 26.7 Å². The lowest BCUT2D eigenvalue weighted by Crippen LogP contribution is -2.21. The molecule has 2 rings (SSSR count). The minimum Gasteiger partial charge on any atom is -0.397 e. The van der Waals surface area contributed by atoms with Gasteiger partial charge in [0.1, 0.15) is 0 Å². The van der Waals surface area contributed by atoms with E-state index in [2.05, 4.69) is 35.1 Å². The predicted octanol–water partition coefficient (Wildman–Crippen LogP) is 3.88. The molecule has 0 radical (unpaired) electrons. The highest BCUT2D eigenvalue weighted by atomic mass is 79.9. The molecule has 1 aromatic rings. The van der Waals surface area contributed by atoms with Crippen molar-refractivity contribution < 1.29 is 0 Å². The maximum atomic E-state index is 5.93. The van der Waals surface area contributed by atoms with Gasteiger partial charge in [-0.3, -0.25) is 0 Å². The first-order valence-corrected chi connectivity index (χ1v) is 6.62. The molecule has 3 heteroatoms. The van der Waals surface area contributed by atoms with Crippen LogP contribution in [0.15, 0.2) is 22.7 Å². The van der Waals surface area contributed by atoms with Crippen molar-refractivity contribution in [3.8, 4) is 0 Å². The fourth-order valence-electron chi connectivity index (χ4n) is 2.07. The molecule has 0 heterocycles. The van der Waals surface area contributed by atoms with Gasteiger partial charge in [0.05, 0.1) is 11.4 Å². The minimum atomic E-state index is 0.509. The Morgan fingerprint density at radius 2 is 2.12 bits per heavy atom. The number of halogens is 1. The molecule has 3 N–H and O–H groups in total. The maximum absolute atomic E-state index is 5.93. The lowest BCUT2D eigenvalue weighted by molar-refractivity contribution is 0.380. The molecular weight excluding hydrogens is 264 g/mol. The highest BCUT2D eigenvalue weighted by molar-refractivity contribution is 9.10. The van der Waals surface area contributed by atoms with Gasteiger partial charge in [0.25, 0.3) is 0 Å². The fourth-order valence-corrected chi connectivity index (χ4v) is 2.43. The monoisotopic (exact) mass is 282 g/mol. The lowest BCUT2D eigenvalue weighted by atomic mass is 9.92. The average molecular weight is 283 g/mol. The van der Waals surface area contributed by atoms with E-state index in [9.17, 15) is 0 Å². The predicted molar refractivity (Wildman–Crippen MR) is 73.5 cm³/mol. The summed E-state index contributed by atoms with van der Waals surface area (Å²) in [5.74, 6) is 0.744. The van der Waals surface area contributed by atoms with Crippen LogP contribution in [0.25, 0.3) is 0 Å². The summed E-state index contributed by atoms with van der Waals surface area (Å²) in [5.41, 5.74) is 8.31. The van der Waals surface area contributed by atoms with Gasteiger partial charge in [0.15, 0.2) is 0 Å². The van der Waals surface area contributed by atoms with Crippen LogP contribution in [0.3, 0.4) is 0 Å². The summed E-state index contributed by atoms with van der Waals surface area (Å²) >= 11 is 3.47. The molecule has 0 bridgehead atoms. The first kappa shape index (κ1) is 11.8. The second kappa shape index (κ2) is 4.28. The molecule has 88 valence electrons. The summed E-state index contributed by atoms with van der Waals surface area (Å²) < 4.78 is 1.07. The van der Waals surface area contributed by atoms with E-state index >= 15 is 0 Å². The molecule has 2 nitrogen and oxygen atoms in total. The molecular formula is C13H19BrN2. The van der Waals surface area contributed by atoms with Gasteiger partial charge in [-0.25, -0.2) is 0 Å². The first-order valence-electron chi connectivity index (χ1n) is 5.82. The quantitative estimate of drug-likeness (QED) is 0.823. The molecule has 0 spiro atoms. The Morgan fingerprint density at radius 1 is 1.44 bits per heavy atom. The highest BCUT2D eigenvalue weighted by Crippen LogP contribution is 2.51. The van der Waals surface area contributed by atoms with E-state index in [0.717, 1.165) is 28.3 Å². The normalized spacial score (nSPS) is 17.5. The van der Waals surface area contributed by atoms with Crippen LogP contribution in [0.1, 0.15) is 26.7 Å². The second-order valence-electron chi connectivity index (χ2n) is 5.10. The number of nitrogen functional groups attached to an aromatic ring is 1. The standard InChI is InChI=1S/C13H19BrN2/c1-9(2)13(5-6-13)8-16-12-7-10(14)3-4-11(12)15/h3-4,7,9,16H,5-6,8,15H2,1-2H3. The smallest absolute Gasteiger partial charge is 0.0585 e. The Hall–Kier alpha value is -0.700. The van der Waals surface area contributed by atoms with Gasteiger partial charge in [-0.15, -0.1) is 0 Å². The Balaban J connectivity index is 2.02. The highest BCUT2D eigenvalue weighted by Gasteiger charge is 2.44. The van der Waals surface area contributed by atoms with Gasteiger partial charge in [0.2, 0.25) is 0 Å². The largest absolute Gasteiger partial charge is 0.397 e. The number of rotatable bonds is 4. The number of hydrogen-bond donors (Lipinski definition) is 2. The van der Waals surface area contributed by atoms with Crippen LogP contribution in [0.2, 0.25) is 0 Å². The van der Waals surface area contributed by atoms with Gasteiger partial charge in [-0.2, -0.15) is 0 Å². The van der Waals surface area contributed by atoms with E-state index in [0.29, 0.717) is 5.41 Å². The topological polar surface area (TPSA) is 38.0 Å². The molecule has 0 atom stereocenters. The van der Waals surface area contributed by atoms with Crippen LogP contribution in [-0.2, 0) is 0 Å².